The zero-order valence-corrected chi connectivity index (χ0v) is 12.8. The Kier molecular flexibility index (Phi) is 6.88. The van der Waals surface area contributed by atoms with Gasteiger partial charge in [-0.3, -0.25) is 0 Å². The molecular formula is C20H24O2. The Balaban J connectivity index is 1.64. The predicted molar refractivity (Wildman–Crippen MR) is 90.4 cm³/mol. The predicted octanol–water partition coefficient (Wildman–Crippen LogP) is 4.57. The summed E-state index contributed by atoms with van der Waals surface area (Å²) in [6, 6.07) is 19.5. The van der Waals surface area contributed by atoms with Crippen LogP contribution in [-0.2, 0) is 0 Å². The monoisotopic (exact) mass is 296 g/mol. The van der Waals surface area contributed by atoms with Crippen LogP contribution in [0.3, 0.4) is 0 Å². The first-order chi connectivity index (χ1) is 10.8. The molecule has 0 saturated carbocycles. The Labute approximate surface area is 132 Å². The van der Waals surface area contributed by atoms with Gasteiger partial charge in [-0.1, -0.05) is 72.8 Å². The van der Waals surface area contributed by atoms with Crippen LogP contribution in [0.2, 0.25) is 0 Å². The molecule has 2 unspecified atom stereocenters. The summed E-state index contributed by atoms with van der Waals surface area (Å²) in [6.45, 7) is 0. The molecule has 0 saturated heterocycles. The minimum atomic E-state index is -0.438. The minimum Gasteiger partial charge on any atom is -0.388 e. The van der Waals surface area contributed by atoms with E-state index in [2.05, 4.69) is 6.08 Å². The van der Waals surface area contributed by atoms with Crippen LogP contribution in [0.4, 0.5) is 0 Å². The second-order valence-corrected chi connectivity index (χ2v) is 5.49. The Morgan fingerprint density at radius 2 is 1.27 bits per heavy atom. The van der Waals surface area contributed by atoms with Crippen molar-refractivity contribution in [3.05, 3.63) is 83.9 Å². The Bertz CT molecular complexity index is 548. The van der Waals surface area contributed by atoms with E-state index in [1.807, 2.05) is 66.7 Å². The average Bonchev–Trinajstić information content (AvgIpc) is 2.59. The van der Waals surface area contributed by atoms with Gasteiger partial charge in [-0.25, -0.2) is 0 Å². The standard InChI is InChI=1S/C20H24O2/c21-19(17-11-5-3-6-12-17)15-9-1-2-10-16-20(22)18-13-7-4-8-14-18/h1,3-9,11-14,19-22H,2,10,15-16H2/b9-1+. The zero-order chi connectivity index (χ0) is 15.6. The van der Waals surface area contributed by atoms with Crippen LogP contribution in [0.1, 0.15) is 49.0 Å². The molecule has 2 rings (SSSR count). The molecule has 2 aromatic rings. The molecule has 0 aliphatic heterocycles. The molecule has 2 atom stereocenters. The van der Waals surface area contributed by atoms with E-state index in [9.17, 15) is 10.2 Å². The molecule has 2 heteroatoms. The van der Waals surface area contributed by atoms with Gasteiger partial charge < -0.3 is 10.2 Å². The van der Waals surface area contributed by atoms with E-state index in [1.165, 1.54) is 0 Å². The van der Waals surface area contributed by atoms with Crippen LogP contribution in [0, 0.1) is 0 Å². The van der Waals surface area contributed by atoms with Crippen LogP contribution < -0.4 is 0 Å². The third-order valence-electron chi connectivity index (χ3n) is 3.74. The van der Waals surface area contributed by atoms with Gasteiger partial charge in [0.25, 0.3) is 0 Å². The molecule has 22 heavy (non-hydrogen) atoms. The Hall–Kier alpha value is -1.90. The third-order valence-corrected chi connectivity index (χ3v) is 3.74. The van der Waals surface area contributed by atoms with Gasteiger partial charge >= 0.3 is 0 Å². The first-order valence-corrected chi connectivity index (χ1v) is 7.88. The number of hydrogen-bond acceptors (Lipinski definition) is 2. The van der Waals surface area contributed by atoms with E-state index in [1.54, 1.807) is 0 Å². The van der Waals surface area contributed by atoms with Crippen LogP contribution in [-0.4, -0.2) is 10.2 Å². The van der Waals surface area contributed by atoms with E-state index >= 15 is 0 Å². The second kappa shape index (κ2) is 9.19. The number of unbranched alkanes of at least 4 members (excludes halogenated alkanes) is 1. The van der Waals surface area contributed by atoms with Crippen molar-refractivity contribution in [1.29, 1.82) is 0 Å². The highest BCUT2D eigenvalue weighted by atomic mass is 16.3. The van der Waals surface area contributed by atoms with E-state index in [0.29, 0.717) is 6.42 Å². The number of aliphatic hydroxyl groups excluding tert-OH is 2. The maximum Gasteiger partial charge on any atom is 0.0824 e. The molecule has 116 valence electrons. The smallest absolute Gasteiger partial charge is 0.0824 e. The van der Waals surface area contributed by atoms with Gasteiger partial charge in [0, 0.05) is 0 Å². The van der Waals surface area contributed by atoms with E-state index in [-0.39, 0.29) is 6.10 Å². The van der Waals surface area contributed by atoms with Crippen molar-refractivity contribution in [2.75, 3.05) is 0 Å². The van der Waals surface area contributed by atoms with Crippen molar-refractivity contribution < 1.29 is 10.2 Å². The topological polar surface area (TPSA) is 40.5 Å². The van der Waals surface area contributed by atoms with Crippen molar-refractivity contribution in [3.8, 4) is 0 Å². The largest absolute Gasteiger partial charge is 0.388 e. The van der Waals surface area contributed by atoms with Crippen LogP contribution in [0.25, 0.3) is 0 Å². The summed E-state index contributed by atoms with van der Waals surface area (Å²) in [4.78, 5) is 0. The molecule has 2 nitrogen and oxygen atoms in total. The molecule has 0 bridgehead atoms. The molecule has 0 fully saturated rings. The van der Waals surface area contributed by atoms with Crippen LogP contribution in [0.5, 0.6) is 0 Å². The number of benzene rings is 2. The van der Waals surface area contributed by atoms with Crippen molar-refractivity contribution in [2.24, 2.45) is 0 Å². The Morgan fingerprint density at radius 3 is 1.86 bits per heavy atom. The Morgan fingerprint density at radius 1 is 0.727 bits per heavy atom. The van der Waals surface area contributed by atoms with Crippen molar-refractivity contribution >= 4 is 0 Å². The highest BCUT2D eigenvalue weighted by Gasteiger charge is 2.05. The first kappa shape index (κ1) is 16.5. The molecular weight excluding hydrogens is 272 g/mol. The van der Waals surface area contributed by atoms with Crippen molar-refractivity contribution in [1.82, 2.24) is 0 Å². The third kappa shape index (κ3) is 5.47. The molecule has 2 aromatic carbocycles. The van der Waals surface area contributed by atoms with Gasteiger partial charge in [0.15, 0.2) is 0 Å². The van der Waals surface area contributed by atoms with Gasteiger partial charge in [0.1, 0.15) is 0 Å². The normalized spacial score (nSPS) is 14.1. The molecule has 0 aliphatic carbocycles. The van der Waals surface area contributed by atoms with Gasteiger partial charge in [-0.15, -0.1) is 0 Å². The lowest BCUT2D eigenvalue weighted by molar-refractivity contribution is 0.165. The summed E-state index contributed by atoms with van der Waals surface area (Å²) in [5.41, 5.74) is 1.93. The number of hydrogen-bond donors (Lipinski definition) is 2. The first-order valence-electron chi connectivity index (χ1n) is 7.88. The average molecular weight is 296 g/mol. The highest BCUT2D eigenvalue weighted by molar-refractivity contribution is 5.18. The molecule has 0 amide bonds. The molecule has 0 heterocycles. The molecule has 0 aliphatic rings. The van der Waals surface area contributed by atoms with Gasteiger partial charge in [0.05, 0.1) is 12.2 Å². The maximum absolute atomic E-state index is 10.0. The van der Waals surface area contributed by atoms with Gasteiger partial charge in [-0.2, -0.15) is 0 Å². The summed E-state index contributed by atoms with van der Waals surface area (Å²) < 4.78 is 0. The highest BCUT2D eigenvalue weighted by Crippen LogP contribution is 2.19. The zero-order valence-electron chi connectivity index (χ0n) is 12.8. The number of aliphatic hydroxyl groups is 2. The fourth-order valence-electron chi connectivity index (χ4n) is 2.43. The fraction of sp³-hybridized carbons (Fsp3) is 0.300. The van der Waals surface area contributed by atoms with E-state index < -0.39 is 6.10 Å². The van der Waals surface area contributed by atoms with E-state index in [4.69, 9.17) is 0 Å². The summed E-state index contributed by atoms with van der Waals surface area (Å²) >= 11 is 0. The lowest BCUT2D eigenvalue weighted by Gasteiger charge is -2.09. The summed E-state index contributed by atoms with van der Waals surface area (Å²) in [6.07, 6.45) is 6.54. The molecule has 2 N–H and O–H groups in total. The van der Waals surface area contributed by atoms with Gasteiger partial charge in [-0.05, 0) is 36.8 Å². The summed E-state index contributed by atoms with van der Waals surface area (Å²) in [5.74, 6) is 0. The second-order valence-electron chi connectivity index (χ2n) is 5.49. The maximum atomic E-state index is 10.0. The SMILES string of the molecule is OC(C/C=C/CCCC(O)c1ccccc1)c1ccccc1. The van der Waals surface area contributed by atoms with Gasteiger partial charge in [0.2, 0.25) is 0 Å². The van der Waals surface area contributed by atoms with Crippen molar-refractivity contribution in [2.45, 2.75) is 37.9 Å². The summed E-state index contributed by atoms with van der Waals surface area (Å²) in [7, 11) is 0. The molecule has 0 radical (unpaired) electrons. The lowest BCUT2D eigenvalue weighted by Crippen LogP contribution is -1.96. The van der Waals surface area contributed by atoms with E-state index in [0.717, 1.165) is 30.4 Å². The molecule has 0 aromatic heterocycles. The molecule has 0 spiro atoms. The number of rotatable bonds is 8. The van der Waals surface area contributed by atoms with Crippen LogP contribution in [0.15, 0.2) is 72.8 Å². The number of allylic oxidation sites excluding steroid dienone is 1. The summed E-state index contributed by atoms with van der Waals surface area (Å²) in [5, 5.41) is 20.1. The quantitative estimate of drug-likeness (QED) is 0.553. The van der Waals surface area contributed by atoms with Crippen molar-refractivity contribution in [3.63, 3.8) is 0 Å². The minimum absolute atomic E-state index is 0.385. The fourth-order valence-corrected chi connectivity index (χ4v) is 2.43. The lowest BCUT2D eigenvalue weighted by atomic mass is 10.0. The van der Waals surface area contributed by atoms with Crippen LogP contribution >= 0.6 is 0 Å².